The van der Waals surface area contributed by atoms with Crippen molar-refractivity contribution in [1.29, 1.82) is 0 Å². The molecule has 1 heterocycles. The lowest BCUT2D eigenvalue weighted by molar-refractivity contribution is -0.133. The third kappa shape index (κ3) is 3.12. The minimum Gasteiger partial charge on any atom is -0.343 e. The molecule has 0 radical (unpaired) electrons. The third-order valence-corrected chi connectivity index (χ3v) is 4.88. The van der Waals surface area contributed by atoms with Crippen molar-refractivity contribution in [2.75, 3.05) is 7.05 Å². The van der Waals surface area contributed by atoms with Crippen molar-refractivity contribution in [2.45, 2.75) is 50.6 Å². The highest BCUT2D eigenvalue weighted by Gasteiger charge is 2.36. The fraction of sp³-hybridized carbons (Fsp3) is 0.643. The standard InChI is InChI=1S/C14H22N2OS/c1-11(9-12-5-3-8-18-12)16(2)13(17)10-14(15)6-4-7-14/h3,5,8,11H,4,6-7,9-10,15H2,1-2H3. The molecule has 0 aliphatic heterocycles. The van der Waals surface area contributed by atoms with E-state index >= 15 is 0 Å². The zero-order valence-electron chi connectivity index (χ0n) is 11.2. The molecule has 4 heteroatoms. The number of carbonyl (C=O) groups is 1. The Morgan fingerprint density at radius 3 is 2.83 bits per heavy atom. The smallest absolute Gasteiger partial charge is 0.224 e. The molecule has 1 aromatic rings. The highest BCUT2D eigenvalue weighted by molar-refractivity contribution is 7.09. The van der Waals surface area contributed by atoms with Crippen molar-refractivity contribution >= 4 is 17.2 Å². The quantitative estimate of drug-likeness (QED) is 0.889. The highest BCUT2D eigenvalue weighted by Crippen LogP contribution is 2.32. The number of nitrogens with two attached hydrogens (primary N) is 1. The van der Waals surface area contributed by atoms with Gasteiger partial charge in [0.05, 0.1) is 0 Å². The average molecular weight is 266 g/mol. The third-order valence-electron chi connectivity index (χ3n) is 3.98. The minimum absolute atomic E-state index is 0.182. The van der Waals surface area contributed by atoms with Crippen molar-refractivity contribution in [3.63, 3.8) is 0 Å². The molecule has 1 amide bonds. The summed E-state index contributed by atoms with van der Waals surface area (Å²) in [5.41, 5.74) is 5.92. The van der Waals surface area contributed by atoms with Crippen LogP contribution >= 0.6 is 11.3 Å². The van der Waals surface area contributed by atoms with Gasteiger partial charge in [-0.2, -0.15) is 0 Å². The number of amides is 1. The maximum absolute atomic E-state index is 12.2. The first kappa shape index (κ1) is 13.6. The zero-order valence-corrected chi connectivity index (χ0v) is 12.0. The first-order chi connectivity index (χ1) is 8.50. The van der Waals surface area contributed by atoms with Crippen LogP contribution in [0.3, 0.4) is 0 Å². The summed E-state index contributed by atoms with van der Waals surface area (Å²) in [6, 6.07) is 4.41. The van der Waals surface area contributed by atoms with Gasteiger partial charge in [0.1, 0.15) is 0 Å². The Morgan fingerprint density at radius 2 is 2.33 bits per heavy atom. The lowest BCUT2D eigenvalue weighted by Gasteiger charge is -2.39. The Morgan fingerprint density at radius 1 is 1.61 bits per heavy atom. The van der Waals surface area contributed by atoms with E-state index in [-0.39, 0.29) is 17.5 Å². The number of nitrogens with zero attached hydrogens (tertiary/aromatic N) is 1. The molecule has 0 saturated heterocycles. The van der Waals surface area contributed by atoms with Gasteiger partial charge < -0.3 is 10.6 Å². The molecule has 0 bridgehead atoms. The summed E-state index contributed by atoms with van der Waals surface area (Å²) < 4.78 is 0. The monoisotopic (exact) mass is 266 g/mol. The summed E-state index contributed by atoms with van der Waals surface area (Å²) in [6.07, 6.45) is 4.58. The Kier molecular flexibility index (Phi) is 4.07. The molecule has 1 aliphatic carbocycles. The second-order valence-electron chi connectivity index (χ2n) is 5.53. The van der Waals surface area contributed by atoms with Gasteiger partial charge in [-0.15, -0.1) is 11.3 Å². The van der Waals surface area contributed by atoms with Crippen LogP contribution in [-0.2, 0) is 11.2 Å². The zero-order chi connectivity index (χ0) is 13.2. The van der Waals surface area contributed by atoms with Crippen LogP contribution in [0.15, 0.2) is 17.5 Å². The minimum atomic E-state index is -0.214. The van der Waals surface area contributed by atoms with Gasteiger partial charge in [-0.05, 0) is 37.6 Å². The molecule has 18 heavy (non-hydrogen) atoms. The highest BCUT2D eigenvalue weighted by atomic mass is 32.1. The van der Waals surface area contributed by atoms with E-state index in [0.29, 0.717) is 6.42 Å². The summed E-state index contributed by atoms with van der Waals surface area (Å²) in [6.45, 7) is 2.10. The molecule has 1 aromatic heterocycles. The predicted octanol–water partition coefficient (Wildman–Crippen LogP) is 2.41. The molecule has 3 nitrogen and oxygen atoms in total. The molecular formula is C14H22N2OS. The van der Waals surface area contributed by atoms with Gasteiger partial charge in [0, 0.05) is 36.3 Å². The molecule has 1 unspecified atom stereocenters. The van der Waals surface area contributed by atoms with E-state index in [4.69, 9.17) is 5.73 Å². The number of hydrogen-bond donors (Lipinski definition) is 1. The lowest BCUT2D eigenvalue weighted by Crippen LogP contribution is -2.51. The molecular weight excluding hydrogens is 244 g/mol. The number of thiophene rings is 1. The van der Waals surface area contributed by atoms with Crippen LogP contribution in [-0.4, -0.2) is 29.4 Å². The molecule has 0 spiro atoms. The predicted molar refractivity (Wildman–Crippen MR) is 75.6 cm³/mol. The molecule has 100 valence electrons. The van der Waals surface area contributed by atoms with Gasteiger partial charge >= 0.3 is 0 Å². The molecule has 2 rings (SSSR count). The lowest BCUT2D eigenvalue weighted by atomic mass is 9.75. The van der Waals surface area contributed by atoms with Crippen LogP contribution in [0.25, 0.3) is 0 Å². The van der Waals surface area contributed by atoms with Crippen molar-refractivity contribution < 1.29 is 4.79 Å². The summed E-state index contributed by atoms with van der Waals surface area (Å²) in [5, 5.41) is 2.08. The van der Waals surface area contributed by atoms with Crippen molar-refractivity contribution in [3.8, 4) is 0 Å². The maximum atomic E-state index is 12.2. The number of likely N-dealkylation sites (N-methyl/N-ethyl adjacent to an activating group) is 1. The largest absolute Gasteiger partial charge is 0.343 e. The van der Waals surface area contributed by atoms with E-state index in [9.17, 15) is 4.79 Å². The van der Waals surface area contributed by atoms with E-state index in [2.05, 4.69) is 24.4 Å². The Hall–Kier alpha value is -0.870. The summed E-state index contributed by atoms with van der Waals surface area (Å²) >= 11 is 1.75. The van der Waals surface area contributed by atoms with Crippen LogP contribution in [0.5, 0.6) is 0 Å². The van der Waals surface area contributed by atoms with E-state index in [1.807, 2.05) is 11.9 Å². The number of hydrogen-bond acceptors (Lipinski definition) is 3. The van der Waals surface area contributed by atoms with Crippen LogP contribution in [0.4, 0.5) is 0 Å². The van der Waals surface area contributed by atoms with Crippen LogP contribution in [0.2, 0.25) is 0 Å². The van der Waals surface area contributed by atoms with E-state index in [1.54, 1.807) is 11.3 Å². The summed E-state index contributed by atoms with van der Waals surface area (Å²) in [5.74, 6) is 0.182. The Bertz CT molecular complexity index is 398. The van der Waals surface area contributed by atoms with Crippen LogP contribution < -0.4 is 5.73 Å². The van der Waals surface area contributed by atoms with Gasteiger partial charge in [0.2, 0.25) is 5.91 Å². The van der Waals surface area contributed by atoms with Crippen molar-refractivity contribution in [2.24, 2.45) is 5.73 Å². The molecule has 0 aromatic carbocycles. The fourth-order valence-electron chi connectivity index (χ4n) is 2.34. The van der Waals surface area contributed by atoms with Gasteiger partial charge in [-0.1, -0.05) is 6.07 Å². The summed E-state index contributed by atoms with van der Waals surface area (Å²) in [7, 11) is 1.89. The molecule has 1 atom stereocenters. The second-order valence-corrected chi connectivity index (χ2v) is 6.56. The average Bonchev–Trinajstić information content (AvgIpc) is 2.78. The van der Waals surface area contributed by atoms with Gasteiger partial charge in [-0.25, -0.2) is 0 Å². The molecule has 1 fully saturated rings. The van der Waals surface area contributed by atoms with Crippen LogP contribution in [0.1, 0.15) is 37.5 Å². The van der Waals surface area contributed by atoms with Crippen LogP contribution in [0, 0.1) is 0 Å². The second kappa shape index (κ2) is 5.41. The molecule has 2 N–H and O–H groups in total. The number of carbonyl (C=O) groups excluding carboxylic acids is 1. The SMILES string of the molecule is CC(Cc1cccs1)N(C)C(=O)CC1(N)CCC1. The Labute approximate surface area is 113 Å². The van der Waals surface area contributed by atoms with Crippen molar-refractivity contribution in [3.05, 3.63) is 22.4 Å². The normalized spacial score (nSPS) is 19.1. The topological polar surface area (TPSA) is 46.3 Å². The Balaban J connectivity index is 1.85. The fourth-order valence-corrected chi connectivity index (χ4v) is 3.16. The van der Waals surface area contributed by atoms with Gasteiger partial charge in [0.15, 0.2) is 0 Å². The maximum Gasteiger partial charge on any atom is 0.224 e. The van der Waals surface area contributed by atoms with Crippen molar-refractivity contribution in [1.82, 2.24) is 4.90 Å². The van der Waals surface area contributed by atoms with E-state index < -0.39 is 0 Å². The molecule has 1 saturated carbocycles. The number of rotatable bonds is 5. The van der Waals surface area contributed by atoms with E-state index in [0.717, 1.165) is 25.7 Å². The first-order valence-corrected chi connectivity index (χ1v) is 7.45. The van der Waals surface area contributed by atoms with E-state index in [1.165, 1.54) is 4.88 Å². The first-order valence-electron chi connectivity index (χ1n) is 6.57. The summed E-state index contributed by atoms with van der Waals surface area (Å²) in [4.78, 5) is 15.4. The molecule has 1 aliphatic rings. The van der Waals surface area contributed by atoms with Gasteiger partial charge in [0.25, 0.3) is 0 Å². The van der Waals surface area contributed by atoms with Gasteiger partial charge in [-0.3, -0.25) is 4.79 Å².